The zero-order chi connectivity index (χ0) is 13.6. The minimum Gasteiger partial charge on any atom is -0.378 e. The Balaban J connectivity index is 1.35. The van der Waals surface area contributed by atoms with Crippen LogP contribution in [0.5, 0.6) is 0 Å². The second-order valence-corrected chi connectivity index (χ2v) is 7.38. The fourth-order valence-electron chi connectivity index (χ4n) is 2.96. The van der Waals surface area contributed by atoms with Crippen LogP contribution < -0.4 is 5.32 Å². The molecule has 2 aliphatic rings. The molecule has 1 N–H and O–H groups in total. The molecule has 0 unspecified atom stereocenters. The van der Waals surface area contributed by atoms with Crippen molar-refractivity contribution in [1.82, 2.24) is 5.32 Å². The minimum atomic E-state index is 0.560. The highest BCUT2D eigenvalue weighted by Gasteiger charge is 2.26. The van der Waals surface area contributed by atoms with Crippen molar-refractivity contribution < 1.29 is 4.74 Å². The summed E-state index contributed by atoms with van der Waals surface area (Å²) in [5.41, 5.74) is 0.564. The van der Waals surface area contributed by atoms with E-state index in [0.717, 1.165) is 12.6 Å². The molecule has 2 fully saturated rings. The second-order valence-electron chi connectivity index (χ2n) is 7.38. The molecule has 2 heteroatoms. The summed E-state index contributed by atoms with van der Waals surface area (Å²) in [7, 11) is 0. The number of ether oxygens (including phenoxy) is 1. The van der Waals surface area contributed by atoms with Crippen LogP contribution in [0.3, 0.4) is 0 Å². The molecule has 2 rings (SSSR count). The quantitative estimate of drug-likeness (QED) is 0.629. The molecule has 0 aromatic rings. The maximum Gasteiger partial charge on any atom is 0.0575 e. The average molecular weight is 267 g/mol. The number of rotatable bonds is 9. The lowest BCUT2D eigenvalue weighted by Gasteiger charge is -2.34. The average Bonchev–Trinajstić information content (AvgIpc) is 3.18. The fraction of sp³-hybridized carbons (Fsp3) is 1.00. The molecule has 0 spiro atoms. The molecular weight excluding hydrogens is 234 g/mol. The third-order valence-corrected chi connectivity index (χ3v) is 4.72. The van der Waals surface area contributed by atoms with Crippen LogP contribution in [0.15, 0.2) is 0 Å². The smallest absolute Gasteiger partial charge is 0.0575 e. The van der Waals surface area contributed by atoms with E-state index in [2.05, 4.69) is 19.2 Å². The monoisotopic (exact) mass is 267 g/mol. The first kappa shape index (κ1) is 15.3. The van der Waals surface area contributed by atoms with Crippen LogP contribution in [-0.2, 0) is 4.74 Å². The van der Waals surface area contributed by atoms with Crippen molar-refractivity contribution >= 4 is 0 Å². The Morgan fingerprint density at radius 1 is 0.947 bits per heavy atom. The van der Waals surface area contributed by atoms with Gasteiger partial charge in [-0.25, -0.2) is 0 Å². The Labute approximate surface area is 119 Å². The lowest BCUT2D eigenvalue weighted by atomic mass is 9.76. The standard InChI is InChI=1S/C17H33NO/c1-17(2)11-9-16(10-12-17)19-14-6-4-3-5-13-18-15-7-8-15/h15-16,18H,3-14H2,1-2H3. The van der Waals surface area contributed by atoms with Gasteiger partial charge in [-0.15, -0.1) is 0 Å². The molecule has 2 saturated carbocycles. The molecule has 0 saturated heterocycles. The fourth-order valence-corrected chi connectivity index (χ4v) is 2.96. The highest BCUT2D eigenvalue weighted by Crippen LogP contribution is 2.36. The molecule has 0 amide bonds. The van der Waals surface area contributed by atoms with Crippen LogP contribution in [0.4, 0.5) is 0 Å². The third kappa shape index (κ3) is 6.76. The zero-order valence-electron chi connectivity index (χ0n) is 13.0. The van der Waals surface area contributed by atoms with Gasteiger partial charge >= 0.3 is 0 Å². The molecule has 2 aliphatic carbocycles. The summed E-state index contributed by atoms with van der Waals surface area (Å²) >= 11 is 0. The molecule has 0 bridgehead atoms. The lowest BCUT2D eigenvalue weighted by molar-refractivity contribution is 0.00274. The highest BCUT2D eigenvalue weighted by molar-refractivity contribution is 4.80. The van der Waals surface area contributed by atoms with Crippen LogP contribution in [0.2, 0.25) is 0 Å². The van der Waals surface area contributed by atoms with Crippen molar-refractivity contribution in [2.45, 2.75) is 90.2 Å². The summed E-state index contributed by atoms with van der Waals surface area (Å²) < 4.78 is 6.02. The zero-order valence-corrected chi connectivity index (χ0v) is 13.0. The Kier molecular flexibility index (Phi) is 6.15. The predicted octanol–water partition coefficient (Wildman–Crippen LogP) is 4.28. The van der Waals surface area contributed by atoms with Crippen molar-refractivity contribution in [2.75, 3.05) is 13.2 Å². The van der Waals surface area contributed by atoms with Gasteiger partial charge in [0.05, 0.1) is 6.10 Å². The van der Waals surface area contributed by atoms with Crippen LogP contribution in [0.25, 0.3) is 0 Å². The van der Waals surface area contributed by atoms with Crippen molar-refractivity contribution in [3.8, 4) is 0 Å². The van der Waals surface area contributed by atoms with Gasteiger partial charge in [0.15, 0.2) is 0 Å². The van der Waals surface area contributed by atoms with E-state index in [1.54, 1.807) is 0 Å². The van der Waals surface area contributed by atoms with Crippen LogP contribution in [0, 0.1) is 5.41 Å². The largest absolute Gasteiger partial charge is 0.378 e. The van der Waals surface area contributed by atoms with Crippen LogP contribution in [-0.4, -0.2) is 25.3 Å². The van der Waals surface area contributed by atoms with Gasteiger partial charge in [0.1, 0.15) is 0 Å². The van der Waals surface area contributed by atoms with E-state index in [-0.39, 0.29) is 0 Å². The van der Waals surface area contributed by atoms with E-state index >= 15 is 0 Å². The van der Waals surface area contributed by atoms with E-state index in [0.29, 0.717) is 11.5 Å². The lowest BCUT2D eigenvalue weighted by Crippen LogP contribution is -2.26. The summed E-state index contributed by atoms with van der Waals surface area (Å²) in [6.45, 7) is 6.99. The normalized spacial score (nSPS) is 23.7. The molecule has 0 aliphatic heterocycles. The molecule has 0 aromatic carbocycles. The van der Waals surface area contributed by atoms with Gasteiger partial charge in [0, 0.05) is 12.6 Å². The first-order valence-corrected chi connectivity index (χ1v) is 8.51. The predicted molar refractivity (Wildman–Crippen MR) is 81.5 cm³/mol. The van der Waals surface area contributed by atoms with E-state index in [4.69, 9.17) is 4.74 Å². The number of nitrogens with one attached hydrogen (secondary N) is 1. The maximum absolute atomic E-state index is 6.02. The summed E-state index contributed by atoms with van der Waals surface area (Å²) in [5, 5.41) is 3.58. The van der Waals surface area contributed by atoms with Crippen LogP contribution >= 0.6 is 0 Å². The van der Waals surface area contributed by atoms with E-state index in [9.17, 15) is 0 Å². The van der Waals surface area contributed by atoms with Gasteiger partial charge in [-0.1, -0.05) is 26.7 Å². The molecule has 0 aromatic heterocycles. The topological polar surface area (TPSA) is 21.3 Å². The van der Waals surface area contributed by atoms with Crippen molar-refractivity contribution in [3.05, 3.63) is 0 Å². The van der Waals surface area contributed by atoms with Gasteiger partial charge in [-0.05, 0) is 63.3 Å². The summed E-state index contributed by atoms with van der Waals surface area (Å²) in [5.74, 6) is 0. The van der Waals surface area contributed by atoms with Crippen LogP contribution in [0.1, 0.15) is 78.1 Å². The highest BCUT2D eigenvalue weighted by atomic mass is 16.5. The molecule has 19 heavy (non-hydrogen) atoms. The Hall–Kier alpha value is -0.0800. The Morgan fingerprint density at radius 3 is 2.32 bits per heavy atom. The van der Waals surface area contributed by atoms with Crippen molar-refractivity contribution in [3.63, 3.8) is 0 Å². The summed E-state index contributed by atoms with van der Waals surface area (Å²) in [4.78, 5) is 0. The molecule has 0 radical (unpaired) electrons. The first-order valence-electron chi connectivity index (χ1n) is 8.51. The molecule has 112 valence electrons. The Morgan fingerprint density at radius 2 is 1.63 bits per heavy atom. The van der Waals surface area contributed by atoms with E-state index in [1.807, 2.05) is 0 Å². The SMILES string of the molecule is CC1(C)CCC(OCCCCCCNC2CC2)CC1. The second kappa shape index (κ2) is 7.64. The van der Waals surface area contributed by atoms with E-state index < -0.39 is 0 Å². The Bertz CT molecular complexity index is 238. The number of hydrogen-bond donors (Lipinski definition) is 1. The summed E-state index contributed by atoms with van der Waals surface area (Å²) in [6, 6.07) is 0.874. The van der Waals surface area contributed by atoms with Gasteiger partial charge in [-0.3, -0.25) is 0 Å². The molecule has 0 heterocycles. The van der Waals surface area contributed by atoms with Crippen molar-refractivity contribution in [2.24, 2.45) is 5.41 Å². The first-order chi connectivity index (χ1) is 9.16. The molecular formula is C17H33NO. The van der Waals surface area contributed by atoms with E-state index in [1.165, 1.54) is 70.8 Å². The number of unbranched alkanes of at least 4 members (excludes halogenated alkanes) is 3. The molecule has 0 atom stereocenters. The third-order valence-electron chi connectivity index (χ3n) is 4.72. The molecule has 2 nitrogen and oxygen atoms in total. The van der Waals surface area contributed by atoms with Gasteiger partial charge in [-0.2, -0.15) is 0 Å². The van der Waals surface area contributed by atoms with Crippen molar-refractivity contribution in [1.29, 1.82) is 0 Å². The van der Waals surface area contributed by atoms with Gasteiger partial charge < -0.3 is 10.1 Å². The maximum atomic E-state index is 6.02. The summed E-state index contributed by atoms with van der Waals surface area (Å²) in [6.07, 6.45) is 13.9. The minimum absolute atomic E-state index is 0.560. The van der Waals surface area contributed by atoms with Gasteiger partial charge in [0.25, 0.3) is 0 Å². The van der Waals surface area contributed by atoms with Gasteiger partial charge in [0.2, 0.25) is 0 Å². The number of hydrogen-bond acceptors (Lipinski definition) is 2.